The molecule has 3 aromatic carbocycles. The Hall–Kier alpha value is -4.12. The van der Waals surface area contributed by atoms with Gasteiger partial charge in [0.2, 0.25) is 5.91 Å². The van der Waals surface area contributed by atoms with Gasteiger partial charge in [-0.3, -0.25) is 4.79 Å². The lowest BCUT2D eigenvalue weighted by molar-refractivity contribution is -0.121. The molecular formula is C29H30N4O. The quantitative estimate of drug-likeness (QED) is 0.281. The fourth-order valence-corrected chi connectivity index (χ4v) is 3.84. The van der Waals surface area contributed by atoms with Crippen LogP contribution in [-0.4, -0.2) is 30.8 Å². The molecule has 0 radical (unpaired) electrons. The highest BCUT2D eigenvalue weighted by Gasteiger charge is 2.13. The molecule has 4 aromatic rings. The van der Waals surface area contributed by atoms with Gasteiger partial charge in [-0.1, -0.05) is 60.2 Å². The van der Waals surface area contributed by atoms with E-state index in [2.05, 4.69) is 70.5 Å². The van der Waals surface area contributed by atoms with Crippen molar-refractivity contribution in [3.63, 3.8) is 0 Å². The monoisotopic (exact) mass is 450 g/mol. The number of anilines is 1. The summed E-state index contributed by atoms with van der Waals surface area (Å²) in [5.74, 6) is -0.112. The van der Waals surface area contributed by atoms with Crippen molar-refractivity contribution in [1.82, 2.24) is 9.99 Å². The molecule has 0 bridgehead atoms. The molecule has 0 saturated carbocycles. The molecule has 1 aromatic heterocycles. The number of benzene rings is 3. The second kappa shape index (κ2) is 10.7. The Labute approximate surface area is 201 Å². The van der Waals surface area contributed by atoms with Crippen LogP contribution in [0.1, 0.15) is 23.2 Å². The topological polar surface area (TPSA) is 49.6 Å². The summed E-state index contributed by atoms with van der Waals surface area (Å²) in [6.07, 6.45) is 2.63. The van der Waals surface area contributed by atoms with Crippen LogP contribution in [0.4, 0.5) is 5.69 Å². The van der Waals surface area contributed by atoms with Crippen LogP contribution in [-0.2, 0) is 11.2 Å². The molecule has 1 N–H and O–H groups in total. The predicted molar refractivity (Wildman–Crippen MR) is 141 cm³/mol. The number of carbonyl (C=O) groups is 1. The normalized spacial score (nSPS) is 11.0. The first-order valence-electron chi connectivity index (χ1n) is 11.4. The molecule has 34 heavy (non-hydrogen) atoms. The molecule has 1 heterocycles. The molecule has 0 aliphatic heterocycles. The minimum atomic E-state index is -0.112. The lowest BCUT2D eigenvalue weighted by atomic mass is 10.1. The highest BCUT2D eigenvalue weighted by Crippen LogP contribution is 2.27. The van der Waals surface area contributed by atoms with Gasteiger partial charge in [0.25, 0.3) is 0 Å². The lowest BCUT2D eigenvalue weighted by Gasteiger charge is -2.14. The molecule has 0 unspecified atom stereocenters. The summed E-state index contributed by atoms with van der Waals surface area (Å²) in [5, 5.41) is 4.13. The van der Waals surface area contributed by atoms with Crippen molar-refractivity contribution in [1.29, 1.82) is 0 Å². The first-order chi connectivity index (χ1) is 16.5. The van der Waals surface area contributed by atoms with Crippen LogP contribution in [0.2, 0.25) is 0 Å². The standard InChI is InChI=1S/C29H30N4O/c1-22-9-13-26(14-10-22)33-27(17-19-28(33)24-7-5-4-6-8-24)18-20-29(34)31-30-21-23-11-15-25(16-12-23)32(2)3/h4-17,19,21H,18,20H2,1-3H3,(H,31,34)/b30-21-. The summed E-state index contributed by atoms with van der Waals surface area (Å²) >= 11 is 0. The highest BCUT2D eigenvalue weighted by atomic mass is 16.2. The summed E-state index contributed by atoms with van der Waals surface area (Å²) in [5.41, 5.74) is 10.3. The van der Waals surface area contributed by atoms with Crippen molar-refractivity contribution in [3.8, 4) is 16.9 Å². The molecule has 1 amide bonds. The molecule has 0 atom stereocenters. The molecule has 4 rings (SSSR count). The molecule has 5 heteroatoms. The van der Waals surface area contributed by atoms with Crippen LogP contribution >= 0.6 is 0 Å². The lowest BCUT2D eigenvalue weighted by Crippen LogP contribution is -2.18. The van der Waals surface area contributed by atoms with E-state index in [1.165, 1.54) is 5.56 Å². The second-order valence-electron chi connectivity index (χ2n) is 8.53. The summed E-state index contributed by atoms with van der Waals surface area (Å²) in [6, 6.07) is 31.0. The summed E-state index contributed by atoms with van der Waals surface area (Å²) < 4.78 is 2.23. The van der Waals surface area contributed by atoms with E-state index in [4.69, 9.17) is 0 Å². The Balaban J connectivity index is 1.45. The SMILES string of the molecule is Cc1ccc(-n2c(CCC(=O)N/N=C\c3ccc(N(C)C)cc3)ccc2-c2ccccc2)cc1. The minimum absolute atomic E-state index is 0.112. The zero-order valence-electron chi connectivity index (χ0n) is 19.9. The molecular weight excluding hydrogens is 420 g/mol. The van der Waals surface area contributed by atoms with Crippen LogP contribution in [0.5, 0.6) is 0 Å². The molecule has 0 fully saturated rings. The van der Waals surface area contributed by atoms with E-state index in [0.29, 0.717) is 12.8 Å². The Morgan fingerprint density at radius 1 is 0.912 bits per heavy atom. The van der Waals surface area contributed by atoms with Crippen molar-refractivity contribution in [2.75, 3.05) is 19.0 Å². The Morgan fingerprint density at radius 3 is 2.29 bits per heavy atom. The second-order valence-corrected chi connectivity index (χ2v) is 8.53. The van der Waals surface area contributed by atoms with Crippen LogP contribution in [0.3, 0.4) is 0 Å². The molecule has 0 aliphatic rings. The van der Waals surface area contributed by atoms with E-state index in [0.717, 1.165) is 33.9 Å². The highest BCUT2D eigenvalue weighted by molar-refractivity contribution is 5.83. The largest absolute Gasteiger partial charge is 0.378 e. The van der Waals surface area contributed by atoms with E-state index < -0.39 is 0 Å². The average molecular weight is 451 g/mol. The molecule has 0 aliphatic carbocycles. The van der Waals surface area contributed by atoms with Crippen molar-refractivity contribution in [3.05, 3.63) is 108 Å². The first kappa shape index (κ1) is 23.1. The fraction of sp³-hybridized carbons (Fsp3) is 0.172. The predicted octanol–water partition coefficient (Wildman–Crippen LogP) is 5.60. The van der Waals surface area contributed by atoms with E-state index in [1.54, 1.807) is 6.21 Å². The van der Waals surface area contributed by atoms with E-state index in [1.807, 2.05) is 61.5 Å². The zero-order chi connectivity index (χ0) is 23.9. The van der Waals surface area contributed by atoms with Gasteiger partial charge in [-0.25, -0.2) is 5.43 Å². The molecule has 5 nitrogen and oxygen atoms in total. The molecule has 172 valence electrons. The third-order valence-electron chi connectivity index (χ3n) is 5.74. The van der Waals surface area contributed by atoms with Gasteiger partial charge in [0.15, 0.2) is 0 Å². The van der Waals surface area contributed by atoms with Crippen LogP contribution in [0.15, 0.2) is 96.1 Å². The zero-order valence-corrected chi connectivity index (χ0v) is 19.9. The van der Waals surface area contributed by atoms with Crippen LogP contribution in [0.25, 0.3) is 16.9 Å². The van der Waals surface area contributed by atoms with Crippen molar-refractivity contribution >= 4 is 17.8 Å². The number of aromatic nitrogens is 1. The summed E-state index contributed by atoms with van der Waals surface area (Å²) in [4.78, 5) is 14.5. The molecule has 0 saturated heterocycles. The fourth-order valence-electron chi connectivity index (χ4n) is 3.84. The number of hydrazone groups is 1. The number of hydrogen-bond acceptors (Lipinski definition) is 3. The van der Waals surface area contributed by atoms with Crippen molar-refractivity contribution in [2.45, 2.75) is 19.8 Å². The maximum atomic E-state index is 12.5. The number of hydrogen-bond donors (Lipinski definition) is 1. The first-order valence-corrected chi connectivity index (χ1v) is 11.4. The van der Waals surface area contributed by atoms with Gasteiger partial charge in [-0.05, 0) is 60.9 Å². The third-order valence-corrected chi connectivity index (χ3v) is 5.74. The smallest absolute Gasteiger partial charge is 0.240 e. The van der Waals surface area contributed by atoms with Crippen molar-refractivity contribution < 1.29 is 4.79 Å². The Kier molecular flexibility index (Phi) is 7.23. The van der Waals surface area contributed by atoms with Gasteiger partial charge in [0.1, 0.15) is 0 Å². The van der Waals surface area contributed by atoms with E-state index >= 15 is 0 Å². The van der Waals surface area contributed by atoms with E-state index in [9.17, 15) is 4.79 Å². The van der Waals surface area contributed by atoms with E-state index in [-0.39, 0.29) is 5.91 Å². The number of aryl methyl sites for hydroxylation is 2. The number of carbonyl (C=O) groups excluding carboxylic acids is 1. The third kappa shape index (κ3) is 5.62. The van der Waals surface area contributed by atoms with Gasteiger partial charge in [0, 0.05) is 37.6 Å². The number of nitrogens with zero attached hydrogens (tertiary/aromatic N) is 3. The number of rotatable bonds is 8. The minimum Gasteiger partial charge on any atom is -0.378 e. The number of nitrogens with one attached hydrogen (secondary N) is 1. The van der Waals surface area contributed by atoms with Gasteiger partial charge < -0.3 is 9.47 Å². The Bertz CT molecular complexity index is 1250. The van der Waals surface area contributed by atoms with Gasteiger partial charge in [-0.2, -0.15) is 5.10 Å². The average Bonchev–Trinajstić information content (AvgIpc) is 3.28. The summed E-state index contributed by atoms with van der Waals surface area (Å²) in [7, 11) is 4.00. The Morgan fingerprint density at radius 2 is 1.62 bits per heavy atom. The van der Waals surface area contributed by atoms with Gasteiger partial charge >= 0.3 is 0 Å². The van der Waals surface area contributed by atoms with Crippen molar-refractivity contribution in [2.24, 2.45) is 5.10 Å². The maximum absolute atomic E-state index is 12.5. The number of amides is 1. The van der Waals surface area contributed by atoms with Gasteiger partial charge in [0.05, 0.1) is 11.9 Å². The van der Waals surface area contributed by atoms with Crippen LogP contribution in [0, 0.1) is 6.92 Å². The molecule has 0 spiro atoms. The summed E-state index contributed by atoms with van der Waals surface area (Å²) in [6.45, 7) is 2.08. The maximum Gasteiger partial charge on any atom is 0.240 e. The van der Waals surface area contributed by atoms with Gasteiger partial charge in [-0.15, -0.1) is 0 Å². The van der Waals surface area contributed by atoms with Crippen LogP contribution < -0.4 is 10.3 Å².